The highest BCUT2D eigenvalue weighted by molar-refractivity contribution is 7.89. The molecule has 9 heteroatoms. The molecule has 0 radical (unpaired) electrons. The van der Waals surface area contributed by atoms with E-state index in [0.29, 0.717) is 31.5 Å². The summed E-state index contributed by atoms with van der Waals surface area (Å²) >= 11 is 0. The highest BCUT2D eigenvalue weighted by atomic mass is 32.2. The molecule has 0 aliphatic carbocycles. The Kier molecular flexibility index (Phi) is 10.5. The molecule has 3 aromatic carbocycles. The molecule has 0 unspecified atom stereocenters. The number of benzene rings is 3. The molecule has 0 N–H and O–H groups in total. The van der Waals surface area contributed by atoms with Gasteiger partial charge in [0.1, 0.15) is 0 Å². The number of aryl methyl sites for hydroxylation is 2. The molecule has 41 heavy (non-hydrogen) atoms. The number of nitrogens with zero attached hydrogens (tertiary/aromatic N) is 3. The number of sulfonamides is 2. The van der Waals surface area contributed by atoms with Crippen LogP contribution < -0.4 is 0 Å². The fraction of sp³-hybridized carbons (Fsp3) is 0.375. The maximum atomic E-state index is 13.8. The SMILES string of the molecule is C=C1CN(S(=O)(=O)c2ccc(C)cc2)CCCCN(Cc2ccccc2)CCCN(S(=O)(=O)c2ccc(C)cc2)C1. The quantitative estimate of drug-likeness (QED) is 0.365. The summed E-state index contributed by atoms with van der Waals surface area (Å²) in [6.07, 6.45) is 2.16. The maximum Gasteiger partial charge on any atom is 0.243 e. The molecule has 1 fully saturated rings. The molecule has 0 amide bonds. The molecule has 1 aliphatic heterocycles. The minimum Gasteiger partial charge on any atom is -0.299 e. The van der Waals surface area contributed by atoms with E-state index < -0.39 is 20.0 Å². The Balaban J connectivity index is 1.62. The van der Waals surface area contributed by atoms with E-state index in [-0.39, 0.29) is 22.9 Å². The molecular weight excluding hydrogens is 555 g/mol. The lowest BCUT2D eigenvalue weighted by atomic mass is 10.2. The van der Waals surface area contributed by atoms with Gasteiger partial charge in [-0.1, -0.05) is 72.3 Å². The third kappa shape index (κ3) is 8.36. The zero-order chi connectivity index (χ0) is 29.5. The lowest BCUT2D eigenvalue weighted by molar-refractivity contribution is 0.247. The first kappa shape index (κ1) is 31.1. The predicted octanol–water partition coefficient (Wildman–Crippen LogP) is 5.23. The lowest BCUT2D eigenvalue weighted by Crippen LogP contribution is -2.39. The van der Waals surface area contributed by atoms with Gasteiger partial charge in [0.25, 0.3) is 0 Å². The summed E-state index contributed by atoms with van der Waals surface area (Å²) in [6.45, 7) is 11.0. The summed E-state index contributed by atoms with van der Waals surface area (Å²) in [5.74, 6) is 0. The van der Waals surface area contributed by atoms with E-state index in [1.165, 1.54) is 14.2 Å². The van der Waals surface area contributed by atoms with Crippen LogP contribution >= 0.6 is 0 Å². The van der Waals surface area contributed by atoms with E-state index in [2.05, 4.69) is 23.6 Å². The van der Waals surface area contributed by atoms with Crippen LogP contribution in [0.2, 0.25) is 0 Å². The molecule has 3 aromatic rings. The summed E-state index contributed by atoms with van der Waals surface area (Å²) < 4.78 is 57.9. The molecule has 4 rings (SSSR count). The van der Waals surface area contributed by atoms with Gasteiger partial charge in [0.15, 0.2) is 0 Å². The van der Waals surface area contributed by atoms with Crippen molar-refractivity contribution in [1.29, 1.82) is 0 Å². The van der Waals surface area contributed by atoms with E-state index in [4.69, 9.17) is 0 Å². The molecule has 0 bridgehead atoms. The van der Waals surface area contributed by atoms with Crippen LogP contribution in [0.1, 0.15) is 36.0 Å². The molecule has 1 saturated heterocycles. The lowest BCUT2D eigenvalue weighted by Gasteiger charge is -2.27. The first-order chi connectivity index (χ1) is 19.6. The van der Waals surface area contributed by atoms with E-state index in [0.717, 1.165) is 37.2 Å². The fourth-order valence-electron chi connectivity index (χ4n) is 5.04. The van der Waals surface area contributed by atoms with Crippen LogP contribution in [0.15, 0.2) is 101 Å². The Labute approximate surface area is 246 Å². The summed E-state index contributed by atoms with van der Waals surface area (Å²) in [6, 6.07) is 23.9. The molecule has 0 aromatic heterocycles. The molecular formula is C32H41N3O4S2. The Morgan fingerprint density at radius 3 is 1.56 bits per heavy atom. The Bertz CT molecular complexity index is 1510. The number of rotatable bonds is 6. The second-order valence-electron chi connectivity index (χ2n) is 10.9. The van der Waals surface area contributed by atoms with Crippen LogP contribution in [-0.4, -0.2) is 69.6 Å². The van der Waals surface area contributed by atoms with Crippen LogP contribution in [0, 0.1) is 13.8 Å². The van der Waals surface area contributed by atoms with Crippen molar-refractivity contribution in [3.8, 4) is 0 Å². The van der Waals surface area contributed by atoms with Crippen molar-refractivity contribution in [1.82, 2.24) is 13.5 Å². The van der Waals surface area contributed by atoms with Gasteiger partial charge in [0.05, 0.1) is 9.79 Å². The van der Waals surface area contributed by atoms with Crippen molar-refractivity contribution < 1.29 is 16.8 Å². The summed E-state index contributed by atoms with van der Waals surface area (Å²) in [4.78, 5) is 2.79. The van der Waals surface area contributed by atoms with Crippen LogP contribution in [0.5, 0.6) is 0 Å². The second-order valence-corrected chi connectivity index (χ2v) is 14.8. The van der Waals surface area contributed by atoms with Crippen molar-refractivity contribution in [3.05, 3.63) is 108 Å². The van der Waals surface area contributed by atoms with Gasteiger partial charge in [-0.15, -0.1) is 0 Å². The van der Waals surface area contributed by atoms with Gasteiger partial charge in [-0.25, -0.2) is 16.8 Å². The summed E-state index contributed by atoms with van der Waals surface area (Å²) in [5, 5.41) is 0. The predicted molar refractivity (Wildman–Crippen MR) is 165 cm³/mol. The van der Waals surface area contributed by atoms with E-state index in [9.17, 15) is 16.8 Å². The van der Waals surface area contributed by atoms with Gasteiger partial charge in [0, 0.05) is 32.7 Å². The van der Waals surface area contributed by atoms with E-state index in [1.807, 2.05) is 32.0 Å². The molecule has 0 atom stereocenters. The molecule has 0 saturated carbocycles. The fourth-order valence-corrected chi connectivity index (χ4v) is 8.04. The average Bonchev–Trinajstić information content (AvgIpc) is 2.96. The van der Waals surface area contributed by atoms with Gasteiger partial charge in [0.2, 0.25) is 20.0 Å². The zero-order valence-electron chi connectivity index (χ0n) is 24.1. The van der Waals surface area contributed by atoms with Crippen LogP contribution in [0.4, 0.5) is 0 Å². The first-order valence-electron chi connectivity index (χ1n) is 14.1. The largest absolute Gasteiger partial charge is 0.299 e. The van der Waals surface area contributed by atoms with Gasteiger partial charge in [-0.05, 0) is 81.6 Å². The van der Waals surface area contributed by atoms with Crippen LogP contribution in [0.25, 0.3) is 0 Å². The highest BCUT2D eigenvalue weighted by Crippen LogP contribution is 2.22. The summed E-state index contributed by atoms with van der Waals surface area (Å²) in [7, 11) is -7.60. The standard InChI is InChI=1S/C32H41N3O4S2/c1-27-12-16-31(17-13-27)40(36,37)34-22-8-7-20-33(26-30-10-5-4-6-11-30)21-9-23-35(25-29(3)24-34)41(38,39)32-18-14-28(2)15-19-32/h4-6,10-19H,3,7-9,20-26H2,1-2H3. The van der Waals surface area contributed by atoms with Crippen molar-refractivity contribution in [2.24, 2.45) is 0 Å². The normalized spacial score (nSPS) is 17.9. The van der Waals surface area contributed by atoms with Gasteiger partial charge >= 0.3 is 0 Å². The second kappa shape index (κ2) is 13.9. The topological polar surface area (TPSA) is 78.0 Å². The maximum absolute atomic E-state index is 13.8. The van der Waals surface area contributed by atoms with Crippen molar-refractivity contribution in [2.45, 2.75) is 49.4 Å². The third-order valence-electron chi connectivity index (χ3n) is 7.38. The highest BCUT2D eigenvalue weighted by Gasteiger charge is 2.29. The zero-order valence-corrected chi connectivity index (χ0v) is 25.7. The van der Waals surface area contributed by atoms with Gasteiger partial charge in [-0.3, -0.25) is 4.90 Å². The molecule has 7 nitrogen and oxygen atoms in total. The molecule has 1 heterocycles. The van der Waals surface area contributed by atoms with Crippen molar-refractivity contribution in [2.75, 3.05) is 39.3 Å². The van der Waals surface area contributed by atoms with E-state index in [1.54, 1.807) is 48.5 Å². The number of hydrogen-bond acceptors (Lipinski definition) is 5. The minimum absolute atomic E-state index is 0.0504. The first-order valence-corrected chi connectivity index (χ1v) is 17.0. The summed E-state index contributed by atoms with van der Waals surface area (Å²) in [5.41, 5.74) is 3.69. The Hall–Kier alpha value is -2.82. The average molecular weight is 596 g/mol. The molecule has 220 valence electrons. The van der Waals surface area contributed by atoms with Crippen LogP contribution in [-0.2, 0) is 26.6 Å². The van der Waals surface area contributed by atoms with Gasteiger partial charge < -0.3 is 0 Å². The number of hydrogen-bond donors (Lipinski definition) is 0. The van der Waals surface area contributed by atoms with Crippen LogP contribution in [0.3, 0.4) is 0 Å². The monoisotopic (exact) mass is 595 g/mol. The Morgan fingerprint density at radius 2 is 1.05 bits per heavy atom. The Morgan fingerprint density at radius 1 is 0.610 bits per heavy atom. The smallest absolute Gasteiger partial charge is 0.243 e. The minimum atomic E-state index is -3.81. The van der Waals surface area contributed by atoms with Crippen molar-refractivity contribution in [3.63, 3.8) is 0 Å². The van der Waals surface area contributed by atoms with Gasteiger partial charge in [-0.2, -0.15) is 8.61 Å². The van der Waals surface area contributed by atoms with Crippen molar-refractivity contribution >= 4 is 20.0 Å². The molecule has 1 aliphatic rings. The third-order valence-corrected chi connectivity index (χ3v) is 11.1. The molecule has 0 spiro atoms. The van der Waals surface area contributed by atoms with E-state index >= 15 is 0 Å².